The maximum Gasteiger partial charge on any atom is 0.203 e. The molecule has 1 N–H and O–H groups in total. The molecule has 0 amide bonds. The fourth-order valence-electron chi connectivity index (χ4n) is 1.64. The van der Waals surface area contributed by atoms with Gasteiger partial charge >= 0.3 is 0 Å². The zero-order valence-electron chi connectivity index (χ0n) is 9.72. The summed E-state index contributed by atoms with van der Waals surface area (Å²) in [6, 6.07) is 0. The van der Waals surface area contributed by atoms with Crippen LogP contribution in [0.1, 0.15) is 18.9 Å². The van der Waals surface area contributed by atoms with E-state index in [9.17, 15) is 0 Å². The summed E-state index contributed by atoms with van der Waals surface area (Å²) in [6.45, 7) is 3.91. The molecule has 0 spiro atoms. The molecule has 0 radical (unpaired) electrons. The molecule has 0 unspecified atom stereocenters. The van der Waals surface area contributed by atoms with Gasteiger partial charge in [0.1, 0.15) is 0 Å². The van der Waals surface area contributed by atoms with Gasteiger partial charge in [-0.1, -0.05) is 6.92 Å². The van der Waals surface area contributed by atoms with Crippen molar-refractivity contribution in [2.75, 3.05) is 5.32 Å². The molecule has 2 heterocycles. The van der Waals surface area contributed by atoms with Gasteiger partial charge in [0.2, 0.25) is 5.95 Å². The fourth-order valence-corrected chi connectivity index (χ4v) is 1.64. The lowest BCUT2D eigenvalue weighted by Crippen LogP contribution is -2.06. The van der Waals surface area contributed by atoms with Crippen LogP contribution in [0.4, 0.5) is 5.95 Å². The number of anilines is 1. The molecule has 5 nitrogen and oxygen atoms in total. The summed E-state index contributed by atoms with van der Waals surface area (Å²) >= 11 is 0. The van der Waals surface area contributed by atoms with Crippen LogP contribution in [0.5, 0.6) is 0 Å². The van der Waals surface area contributed by atoms with Crippen molar-refractivity contribution < 1.29 is 0 Å². The van der Waals surface area contributed by atoms with Crippen LogP contribution in [-0.2, 0) is 20.1 Å². The van der Waals surface area contributed by atoms with E-state index < -0.39 is 0 Å². The lowest BCUT2D eigenvalue weighted by atomic mass is 10.4. The molecule has 0 saturated carbocycles. The zero-order valence-corrected chi connectivity index (χ0v) is 9.72. The first-order valence-corrected chi connectivity index (χ1v) is 5.52. The number of nitrogens with one attached hydrogen (secondary N) is 1. The quantitative estimate of drug-likeness (QED) is 0.831. The summed E-state index contributed by atoms with van der Waals surface area (Å²) in [5.74, 6) is 0.922. The standard InChI is InChI=1S/C11H17N5/c1-3-5-16-6-4-12-11(16)13-7-10-8-14-15(2)9-10/h4,6,8-9H,3,5,7H2,1-2H3,(H,12,13). The van der Waals surface area contributed by atoms with E-state index in [1.54, 1.807) is 4.68 Å². The summed E-state index contributed by atoms with van der Waals surface area (Å²) in [6.07, 6.45) is 8.79. The number of hydrogen-bond acceptors (Lipinski definition) is 3. The Labute approximate surface area is 95.1 Å². The minimum Gasteiger partial charge on any atom is -0.351 e. The topological polar surface area (TPSA) is 47.7 Å². The van der Waals surface area contributed by atoms with Gasteiger partial charge in [-0.05, 0) is 6.42 Å². The first kappa shape index (κ1) is 10.7. The minimum atomic E-state index is 0.758. The molecule has 0 aromatic carbocycles. The van der Waals surface area contributed by atoms with Gasteiger partial charge in [0.15, 0.2) is 0 Å². The maximum atomic E-state index is 4.28. The van der Waals surface area contributed by atoms with Crippen LogP contribution in [0.25, 0.3) is 0 Å². The Kier molecular flexibility index (Phi) is 3.24. The van der Waals surface area contributed by atoms with Crippen molar-refractivity contribution in [2.24, 2.45) is 7.05 Å². The fraction of sp³-hybridized carbons (Fsp3) is 0.455. The third kappa shape index (κ3) is 2.42. The third-order valence-electron chi connectivity index (χ3n) is 2.39. The molecule has 2 rings (SSSR count). The molecule has 0 aliphatic rings. The number of imidazole rings is 1. The normalized spacial score (nSPS) is 10.6. The van der Waals surface area contributed by atoms with Crippen LogP contribution in [0.2, 0.25) is 0 Å². The van der Waals surface area contributed by atoms with Crippen LogP contribution in [-0.4, -0.2) is 19.3 Å². The lowest BCUT2D eigenvalue weighted by molar-refractivity contribution is 0.682. The molecule has 0 bridgehead atoms. The number of hydrogen-bond donors (Lipinski definition) is 1. The number of aryl methyl sites for hydroxylation is 2. The van der Waals surface area contributed by atoms with Crippen molar-refractivity contribution in [1.29, 1.82) is 0 Å². The van der Waals surface area contributed by atoms with E-state index in [0.717, 1.165) is 31.0 Å². The van der Waals surface area contributed by atoms with E-state index in [-0.39, 0.29) is 0 Å². The summed E-state index contributed by atoms with van der Waals surface area (Å²) in [5.41, 5.74) is 1.16. The van der Waals surface area contributed by atoms with Gasteiger partial charge in [-0.15, -0.1) is 0 Å². The van der Waals surface area contributed by atoms with E-state index in [1.165, 1.54) is 0 Å². The first-order valence-electron chi connectivity index (χ1n) is 5.52. The van der Waals surface area contributed by atoms with Crippen molar-refractivity contribution in [2.45, 2.75) is 26.4 Å². The van der Waals surface area contributed by atoms with Gasteiger partial charge < -0.3 is 9.88 Å². The Morgan fingerprint density at radius 1 is 1.44 bits per heavy atom. The predicted octanol–water partition coefficient (Wildman–Crippen LogP) is 1.64. The SMILES string of the molecule is CCCn1ccnc1NCc1cnn(C)c1. The lowest BCUT2D eigenvalue weighted by Gasteiger charge is -2.07. The van der Waals surface area contributed by atoms with Crippen molar-refractivity contribution >= 4 is 5.95 Å². The molecule has 86 valence electrons. The van der Waals surface area contributed by atoms with E-state index in [0.29, 0.717) is 0 Å². The van der Waals surface area contributed by atoms with E-state index in [1.807, 2.05) is 31.8 Å². The second-order valence-electron chi connectivity index (χ2n) is 3.82. The van der Waals surface area contributed by atoms with Crippen molar-refractivity contribution in [3.8, 4) is 0 Å². The van der Waals surface area contributed by atoms with Gasteiger partial charge in [0, 0.05) is 44.3 Å². The largest absolute Gasteiger partial charge is 0.351 e. The molecule has 2 aromatic heterocycles. The average Bonchev–Trinajstić information content (AvgIpc) is 2.85. The highest BCUT2D eigenvalue weighted by Gasteiger charge is 2.01. The molecule has 5 heteroatoms. The average molecular weight is 219 g/mol. The van der Waals surface area contributed by atoms with Crippen LogP contribution >= 0.6 is 0 Å². The molecule has 2 aromatic rings. The number of nitrogens with zero attached hydrogens (tertiary/aromatic N) is 4. The number of rotatable bonds is 5. The zero-order chi connectivity index (χ0) is 11.4. The minimum absolute atomic E-state index is 0.758. The second kappa shape index (κ2) is 4.83. The summed E-state index contributed by atoms with van der Waals surface area (Å²) < 4.78 is 3.92. The monoisotopic (exact) mass is 219 g/mol. The van der Waals surface area contributed by atoms with Crippen molar-refractivity contribution in [1.82, 2.24) is 19.3 Å². The second-order valence-corrected chi connectivity index (χ2v) is 3.82. The highest BCUT2D eigenvalue weighted by Crippen LogP contribution is 2.07. The number of aromatic nitrogens is 4. The van der Waals surface area contributed by atoms with Crippen molar-refractivity contribution in [3.63, 3.8) is 0 Å². The maximum absolute atomic E-state index is 4.28. The van der Waals surface area contributed by atoms with E-state index in [4.69, 9.17) is 0 Å². The van der Waals surface area contributed by atoms with E-state index >= 15 is 0 Å². The van der Waals surface area contributed by atoms with Crippen LogP contribution < -0.4 is 5.32 Å². The first-order chi connectivity index (χ1) is 7.79. The summed E-state index contributed by atoms with van der Waals surface area (Å²) in [4.78, 5) is 4.28. The highest BCUT2D eigenvalue weighted by atomic mass is 15.2. The molecular formula is C11H17N5. The molecule has 0 atom stereocenters. The molecule has 0 fully saturated rings. The Morgan fingerprint density at radius 2 is 2.31 bits per heavy atom. The molecule has 0 saturated heterocycles. The molecule has 0 aliphatic carbocycles. The third-order valence-corrected chi connectivity index (χ3v) is 2.39. The van der Waals surface area contributed by atoms with Crippen LogP contribution in [0.3, 0.4) is 0 Å². The smallest absolute Gasteiger partial charge is 0.203 e. The Bertz CT molecular complexity index is 443. The summed E-state index contributed by atoms with van der Waals surface area (Å²) in [7, 11) is 1.92. The van der Waals surface area contributed by atoms with E-state index in [2.05, 4.69) is 26.9 Å². The Morgan fingerprint density at radius 3 is 3.00 bits per heavy atom. The van der Waals surface area contributed by atoms with Gasteiger partial charge in [0.05, 0.1) is 6.20 Å². The van der Waals surface area contributed by atoms with Gasteiger partial charge in [0.25, 0.3) is 0 Å². The van der Waals surface area contributed by atoms with Gasteiger partial charge in [-0.3, -0.25) is 4.68 Å². The molecule has 16 heavy (non-hydrogen) atoms. The Hall–Kier alpha value is -1.78. The van der Waals surface area contributed by atoms with Gasteiger partial charge in [-0.25, -0.2) is 4.98 Å². The Balaban J connectivity index is 1.96. The van der Waals surface area contributed by atoms with Crippen LogP contribution in [0, 0.1) is 0 Å². The van der Waals surface area contributed by atoms with Crippen LogP contribution in [0.15, 0.2) is 24.8 Å². The molecule has 0 aliphatic heterocycles. The summed E-state index contributed by atoms with van der Waals surface area (Å²) in [5, 5.41) is 7.43. The van der Waals surface area contributed by atoms with Gasteiger partial charge in [-0.2, -0.15) is 5.10 Å². The predicted molar refractivity (Wildman–Crippen MR) is 63.1 cm³/mol. The van der Waals surface area contributed by atoms with Crippen molar-refractivity contribution in [3.05, 3.63) is 30.4 Å². The highest BCUT2D eigenvalue weighted by molar-refractivity contribution is 5.27. The molecular weight excluding hydrogens is 202 g/mol.